The number of hydrogen-bond donors (Lipinski definition) is 1. The maximum atomic E-state index is 12.2. The minimum Gasteiger partial charge on any atom is -0.303 e. The van der Waals surface area contributed by atoms with Gasteiger partial charge < -0.3 is 4.98 Å². The lowest BCUT2D eigenvalue weighted by atomic mass is 10.2. The van der Waals surface area contributed by atoms with E-state index >= 15 is 0 Å². The van der Waals surface area contributed by atoms with Gasteiger partial charge in [0, 0.05) is 12.6 Å². The van der Waals surface area contributed by atoms with E-state index in [1.54, 1.807) is 18.8 Å². The van der Waals surface area contributed by atoms with Crippen molar-refractivity contribution in [3.8, 4) is 0 Å². The van der Waals surface area contributed by atoms with E-state index < -0.39 is 23.1 Å². The molecule has 7 heteroatoms. The van der Waals surface area contributed by atoms with Crippen molar-refractivity contribution in [2.24, 2.45) is 5.92 Å². The summed E-state index contributed by atoms with van der Waals surface area (Å²) >= 11 is 0. The summed E-state index contributed by atoms with van der Waals surface area (Å²) in [6.45, 7) is 3.60. The minimum absolute atomic E-state index is 0.00413. The molecule has 4 nitrogen and oxygen atoms in total. The number of aromatic nitrogens is 2. The van der Waals surface area contributed by atoms with Crippen LogP contribution in [0.15, 0.2) is 15.7 Å². The number of nitrogens with one attached hydrogen (secondary N) is 1. The molecule has 1 aromatic rings. The van der Waals surface area contributed by atoms with Gasteiger partial charge in [0.1, 0.15) is 5.69 Å². The van der Waals surface area contributed by atoms with E-state index in [1.165, 1.54) is 0 Å². The third kappa shape index (κ3) is 2.74. The van der Waals surface area contributed by atoms with Crippen LogP contribution in [0.5, 0.6) is 0 Å². The van der Waals surface area contributed by atoms with Crippen molar-refractivity contribution in [1.82, 2.24) is 9.55 Å². The van der Waals surface area contributed by atoms with Crippen LogP contribution in [0.1, 0.15) is 19.5 Å². The number of aromatic amines is 1. The minimum atomic E-state index is -4.71. The molecule has 16 heavy (non-hydrogen) atoms. The number of nitrogens with zero attached hydrogens (tertiary/aromatic N) is 1. The summed E-state index contributed by atoms with van der Waals surface area (Å²) in [5.41, 5.74) is -3.29. The zero-order valence-corrected chi connectivity index (χ0v) is 8.76. The predicted octanol–water partition coefficient (Wildman–Crippen LogP) is 1.21. The molecule has 0 aromatic carbocycles. The van der Waals surface area contributed by atoms with Crippen molar-refractivity contribution < 1.29 is 13.2 Å². The first kappa shape index (κ1) is 12.5. The SMILES string of the molecule is CC(C)Cn1c(=O)cc(C(F)(F)F)[nH]c1=O. The molecule has 0 unspecified atom stereocenters. The van der Waals surface area contributed by atoms with Gasteiger partial charge in [-0.2, -0.15) is 13.2 Å². The quantitative estimate of drug-likeness (QED) is 0.839. The Morgan fingerprint density at radius 2 is 1.94 bits per heavy atom. The zero-order valence-electron chi connectivity index (χ0n) is 8.76. The molecular formula is C9H11F3N2O2. The van der Waals surface area contributed by atoms with Gasteiger partial charge in [-0.3, -0.25) is 9.36 Å². The van der Waals surface area contributed by atoms with Gasteiger partial charge >= 0.3 is 11.9 Å². The van der Waals surface area contributed by atoms with Crippen LogP contribution < -0.4 is 11.2 Å². The van der Waals surface area contributed by atoms with E-state index in [0.717, 1.165) is 4.57 Å². The molecule has 1 heterocycles. The molecule has 0 atom stereocenters. The summed E-state index contributed by atoms with van der Waals surface area (Å²) in [6, 6.07) is 0.393. The number of alkyl halides is 3. The largest absolute Gasteiger partial charge is 0.431 e. The van der Waals surface area contributed by atoms with Gasteiger partial charge in [-0.05, 0) is 5.92 Å². The Hall–Kier alpha value is -1.53. The van der Waals surface area contributed by atoms with Crippen LogP contribution in [0.4, 0.5) is 13.2 Å². The normalized spacial score (nSPS) is 12.1. The Labute approximate surface area is 88.7 Å². The highest BCUT2D eigenvalue weighted by atomic mass is 19.4. The second-order valence-corrected chi connectivity index (χ2v) is 3.83. The molecule has 0 radical (unpaired) electrons. The van der Waals surface area contributed by atoms with E-state index in [1.807, 2.05) is 0 Å². The Kier molecular flexibility index (Phi) is 3.25. The van der Waals surface area contributed by atoms with Crippen molar-refractivity contribution >= 4 is 0 Å². The lowest BCUT2D eigenvalue weighted by Gasteiger charge is -2.10. The summed E-state index contributed by atoms with van der Waals surface area (Å²) in [5, 5.41) is 0. The second-order valence-electron chi connectivity index (χ2n) is 3.83. The van der Waals surface area contributed by atoms with Crippen molar-refractivity contribution in [2.45, 2.75) is 26.6 Å². The van der Waals surface area contributed by atoms with Crippen LogP contribution in [-0.4, -0.2) is 9.55 Å². The van der Waals surface area contributed by atoms with E-state index in [-0.39, 0.29) is 12.5 Å². The summed E-state index contributed by atoms with van der Waals surface area (Å²) in [4.78, 5) is 24.2. The molecule has 0 bridgehead atoms. The number of halogens is 3. The maximum absolute atomic E-state index is 12.2. The molecule has 0 saturated carbocycles. The Morgan fingerprint density at radius 1 is 1.38 bits per heavy atom. The Balaban J connectivity index is 3.30. The first-order valence-electron chi connectivity index (χ1n) is 4.63. The average molecular weight is 236 g/mol. The van der Waals surface area contributed by atoms with Gasteiger partial charge in [0.05, 0.1) is 0 Å². The van der Waals surface area contributed by atoms with Crippen molar-refractivity contribution in [3.05, 3.63) is 32.6 Å². The Morgan fingerprint density at radius 3 is 2.31 bits per heavy atom. The van der Waals surface area contributed by atoms with Crippen LogP contribution in [0.25, 0.3) is 0 Å². The van der Waals surface area contributed by atoms with Crippen LogP contribution >= 0.6 is 0 Å². The van der Waals surface area contributed by atoms with Crippen LogP contribution in [0, 0.1) is 5.92 Å². The highest BCUT2D eigenvalue weighted by molar-refractivity contribution is 5.03. The third-order valence-corrected chi connectivity index (χ3v) is 1.87. The summed E-state index contributed by atoms with van der Waals surface area (Å²) < 4.78 is 37.4. The number of hydrogen-bond acceptors (Lipinski definition) is 2. The molecule has 0 spiro atoms. The molecule has 0 aliphatic carbocycles. The first-order chi connectivity index (χ1) is 7.21. The van der Waals surface area contributed by atoms with E-state index in [9.17, 15) is 22.8 Å². The predicted molar refractivity (Wildman–Crippen MR) is 51.2 cm³/mol. The highest BCUT2D eigenvalue weighted by Gasteiger charge is 2.32. The summed E-state index contributed by atoms with van der Waals surface area (Å²) in [5.74, 6) is -0.00413. The third-order valence-electron chi connectivity index (χ3n) is 1.87. The molecule has 0 fully saturated rings. The van der Waals surface area contributed by atoms with Gasteiger partial charge in [0.2, 0.25) is 0 Å². The molecule has 1 N–H and O–H groups in total. The molecule has 1 rings (SSSR count). The van der Waals surface area contributed by atoms with E-state index in [0.29, 0.717) is 6.07 Å². The summed E-state index contributed by atoms with van der Waals surface area (Å²) in [6.07, 6.45) is -4.71. The monoisotopic (exact) mass is 236 g/mol. The second kappa shape index (κ2) is 4.15. The topological polar surface area (TPSA) is 54.9 Å². The molecule has 0 aliphatic heterocycles. The molecule has 90 valence electrons. The van der Waals surface area contributed by atoms with E-state index in [2.05, 4.69) is 0 Å². The molecule has 0 saturated heterocycles. The lowest BCUT2D eigenvalue weighted by Crippen LogP contribution is -2.38. The van der Waals surface area contributed by atoms with Crippen molar-refractivity contribution in [2.75, 3.05) is 0 Å². The molecular weight excluding hydrogens is 225 g/mol. The highest BCUT2D eigenvalue weighted by Crippen LogP contribution is 2.25. The fourth-order valence-corrected chi connectivity index (χ4v) is 1.21. The standard InChI is InChI=1S/C9H11F3N2O2/c1-5(2)4-14-7(15)3-6(9(10,11)12)13-8(14)16/h3,5H,4H2,1-2H3,(H,13,16). The van der Waals surface area contributed by atoms with Crippen LogP contribution in [0.2, 0.25) is 0 Å². The number of rotatable bonds is 2. The smallest absolute Gasteiger partial charge is 0.303 e. The average Bonchev–Trinajstić information content (AvgIpc) is 2.09. The molecule has 1 aromatic heterocycles. The van der Waals surface area contributed by atoms with Crippen molar-refractivity contribution in [3.63, 3.8) is 0 Å². The van der Waals surface area contributed by atoms with Crippen LogP contribution in [0.3, 0.4) is 0 Å². The van der Waals surface area contributed by atoms with Crippen molar-refractivity contribution in [1.29, 1.82) is 0 Å². The van der Waals surface area contributed by atoms with Gasteiger partial charge in [-0.25, -0.2) is 4.79 Å². The number of H-pyrrole nitrogens is 1. The molecule has 0 amide bonds. The first-order valence-corrected chi connectivity index (χ1v) is 4.63. The molecule has 0 aliphatic rings. The zero-order chi connectivity index (χ0) is 12.5. The summed E-state index contributed by atoms with van der Waals surface area (Å²) in [7, 11) is 0. The van der Waals surface area contributed by atoms with E-state index in [4.69, 9.17) is 0 Å². The van der Waals surface area contributed by atoms with Gasteiger partial charge in [0.15, 0.2) is 0 Å². The fraction of sp³-hybridized carbons (Fsp3) is 0.556. The fourth-order valence-electron chi connectivity index (χ4n) is 1.21. The maximum Gasteiger partial charge on any atom is 0.431 e. The van der Waals surface area contributed by atoms with Crippen LogP contribution in [-0.2, 0) is 12.7 Å². The lowest BCUT2D eigenvalue weighted by molar-refractivity contribution is -0.141. The Bertz CT molecular complexity index is 454. The van der Waals surface area contributed by atoms with Gasteiger partial charge in [0.25, 0.3) is 5.56 Å². The van der Waals surface area contributed by atoms with Gasteiger partial charge in [-0.1, -0.05) is 13.8 Å². The van der Waals surface area contributed by atoms with Gasteiger partial charge in [-0.15, -0.1) is 0 Å².